The molecule has 5 heteroatoms. The molecule has 5 nitrogen and oxygen atoms in total. The maximum absolute atomic E-state index is 11.7. The lowest BCUT2D eigenvalue weighted by Gasteiger charge is -2.13. The number of rotatable bonds is 18. The van der Waals surface area contributed by atoms with E-state index < -0.39 is 0 Å². The van der Waals surface area contributed by atoms with E-state index in [9.17, 15) is 4.79 Å². The molecule has 0 aliphatic rings. The van der Waals surface area contributed by atoms with Crippen LogP contribution in [0.2, 0.25) is 0 Å². The van der Waals surface area contributed by atoms with Crippen molar-refractivity contribution in [2.75, 3.05) is 39.6 Å². The minimum atomic E-state index is -0.120. The number of hydrogen-bond donors (Lipinski definition) is 0. The Morgan fingerprint density at radius 1 is 0.800 bits per heavy atom. The minimum absolute atomic E-state index is 0.0246. The Morgan fingerprint density at radius 2 is 1.44 bits per heavy atom. The van der Waals surface area contributed by atoms with Gasteiger partial charge in [-0.1, -0.05) is 40.0 Å². The van der Waals surface area contributed by atoms with Gasteiger partial charge in [-0.25, -0.2) is 0 Å². The van der Waals surface area contributed by atoms with Crippen LogP contribution in [0, 0.1) is 5.92 Å². The Kier molecular flexibility index (Phi) is 17.7. The summed E-state index contributed by atoms with van der Waals surface area (Å²) in [6.45, 7) is 12.1. The van der Waals surface area contributed by atoms with Crippen molar-refractivity contribution in [3.63, 3.8) is 0 Å². The molecule has 0 fully saturated rings. The average Bonchev–Trinajstić information content (AvgIpc) is 2.56. The predicted molar refractivity (Wildman–Crippen MR) is 101 cm³/mol. The molecule has 0 amide bonds. The monoisotopic (exact) mass is 360 g/mol. The molecular weight excluding hydrogens is 320 g/mol. The Bertz CT molecular complexity index is 294. The van der Waals surface area contributed by atoms with Crippen molar-refractivity contribution in [2.24, 2.45) is 5.92 Å². The molecule has 150 valence electrons. The SMILES string of the molecule is CCCCCCC(C)OC(=O)CCCOCCOCCOCC(C)C. The van der Waals surface area contributed by atoms with Gasteiger partial charge in [-0.15, -0.1) is 0 Å². The standard InChI is InChI=1S/C20H40O5/c1-5-6-7-8-10-19(4)25-20(21)11-9-12-22-13-14-23-15-16-24-17-18(2)3/h18-19H,5-17H2,1-4H3. The number of carbonyl (C=O) groups excluding carboxylic acids is 1. The van der Waals surface area contributed by atoms with Gasteiger partial charge in [0.2, 0.25) is 0 Å². The van der Waals surface area contributed by atoms with Crippen molar-refractivity contribution in [3.05, 3.63) is 0 Å². The number of esters is 1. The number of carbonyl (C=O) groups is 1. The molecule has 0 spiro atoms. The second kappa shape index (κ2) is 18.2. The van der Waals surface area contributed by atoms with E-state index in [-0.39, 0.29) is 12.1 Å². The van der Waals surface area contributed by atoms with E-state index in [2.05, 4.69) is 20.8 Å². The third-order valence-corrected chi connectivity index (χ3v) is 3.66. The summed E-state index contributed by atoms with van der Waals surface area (Å²) >= 11 is 0. The summed E-state index contributed by atoms with van der Waals surface area (Å²) in [4.78, 5) is 11.7. The van der Waals surface area contributed by atoms with E-state index in [1.54, 1.807) is 0 Å². The van der Waals surface area contributed by atoms with E-state index in [1.165, 1.54) is 19.3 Å². The summed E-state index contributed by atoms with van der Waals surface area (Å²) in [6, 6.07) is 0. The van der Waals surface area contributed by atoms with Crippen molar-refractivity contribution < 1.29 is 23.7 Å². The van der Waals surface area contributed by atoms with E-state index in [4.69, 9.17) is 18.9 Å². The number of unbranched alkanes of at least 4 members (excludes halogenated alkanes) is 3. The highest BCUT2D eigenvalue weighted by Crippen LogP contribution is 2.09. The van der Waals surface area contributed by atoms with Crippen molar-refractivity contribution in [2.45, 2.75) is 78.7 Å². The largest absolute Gasteiger partial charge is 0.463 e. The maximum Gasteiger partial charge on any atom is 0.306 e. The van der Waals surface area contributed by atoms with Gasteiger partial charge in [-0.3, -0.25) is 4.79 Å². The fraction of sp³-hybridized carbons (Fsp3) is 0.950. The van der Waals surface area contributed by atoms with Gasteiger partial charge in [0.1, 0.15) is 0 Å². The lowest BCUT2D eigenvalue weighted by molar-refractivity contribution is -0.149. The molecule has 0 aromatic heterocycles. The van der Waals surface area contributed by atoms with E-state index in [0.29, 0.717) is 51.8 Å². The predicted octanol–water partition coefficient (Wildman–Crippen LogP) is 4.37. The van der Waals surface area contributed by atoms with E-state index in [1.807, 2.05) is 6.92 Å². The summed E-state index contributed by atoms with van der Waals surface area (Å²) in [5.41, 5.74) is 0. The van der Waals surface area contributed by atoms with Gasteiger partial charge in [0.15, 0.2) is 0 Å². The Balaban J connectivity index is 3.29. The van der Waals surface area contributed by atoms with Crippen LogP contribution < -0.4 is 0 Å². The molecular formula is C20H40O5. The van der Waals surface area contributed by atoms with Crippen molar-refractivity contribution >= 4 is 5.97 Å². The molecule has 0 bridgehead atoms. The number of hydrogen-bond acceptors (Lipinski definition) is 5. The van der Waals surface area contributed by atoms with Crippen LogP contribution in [0.25, 0.3) is 0 Å². The molecule has 0 aliphatic heterocycles. The van der Waals surface area contributed by atoms with Gasteiger partial charge in [0.25, 0.3) is 0 Å². The lowest BCUT2D eigenvalue weighted by Crippen LogP contribution is -2.15. The molecule has 0 N–H and O–H groups in total. The van der Waals surface area contributed by atoms with E-state index >= 15 is 0 Å². The first-order valence-corrected chi connectivity index (χ1v) is 9.99. The van der Waals surface area contributed by atoms with Crippen molar-refractivity contribution in [1.29, 1.82) is 0 Å². The molecule has 1 atom stereocenters. The average molecular weight is 361 g/mol. The summed E-state index contributed by atoms with van der Waals surface area (Å²) in [7, 11) is 0. The normalized spacial score (nSPS) is 12.5. The van der Waals surface area contributed by atoms with Crippen LogP contribution in [0.5, 0.6) is 0 Å². The maximum atomic E-state index is 11.7. The van der Waals surface area contributed by atoms with Crippen molar-refractivity contribution in [1.82, 2.24) is 0 Å². The lowest BCUT2D eigenvalue weighted by atomic mass is 10.1. The summed E-state index contributed by atoms with van der Waals surface area (Å²) in [5.74, 6) is 0.434. The third kappa shape index (κ3) is 19.5. The van der Waals surface area contributed by atoms with Crippen LogP contribution >= 0.6 is 0 Å². The third-order valence-electron chi connectivity index (χ3n) is 3.66. The topological polar surface area (TPSA) is 54.0 Å². The molecule has 0 saturated heterocycles. The van der Waals surface area contributed by atoms with Gasteiger partial charge in [-0.2, -0.15) is 0 Å². The van der Waals surface area contributed by atoms with Crippen LogP contribution in [0.3, 0.4) is 0 Å². The van der Waals surface area contributed by atoms with Gasteiger partial charge >= 0.3 is 5.97 Å². The van der Waals surface area contributed by atoms with Crippen LogP contribution in [-0.4, -0.2) is 51.7 Å². The zero-order chi connectivity index (χ0) is 18.8. The molecule has 0 heterocycles. The molecule has 1 unspecified atom stereocenters. The number of ether oxygens (including phenoxy) is 4. The van der Waals surface area contributed by atoms with Crippen LogP contribution in [0.1, 0.15) is 72.6 Å². The molecule has 0 aliphatic carbocycles. The second-order valence-corrected chi connectivity index (χ2v) is 6.95. The van der Waals surface area contributed by atoms with Crippen LogP contribution in [-0.2, 0) is 23.7 Å². The Morgan fingerprint density at radius 3 is 2.08 bits per heavy atom. The smallest absolute Gasteiger partial charge is 0.306 e. The molecule has 0 rings (SSSR count). The zero-order valence-electron chi connectivity index (χ0n) is 16.9. The molecule has 0 aromatic rings. The highest BCUT2D eigenvalue weighted by molar-refractivity contribution is 5.69. The quantitative estimate of drug-likeness (QED) is 0.268. The highest BCUT2D eigenvalue weighted by atomic mass is 16.5. The highest BCUT2D eigenvalue weighted by Gasteiger charge is 2.09. The first kappa shape index (κ1) is 24.4. The minimum Gasteiger partial charge on any atom is -0.463 e. The summed E-state index contributed by atoms with van der Waals surface area (Å²) < 4.78 is 21.7. The van der Waals surface area contributed by atoms with Gasteiger partial charge in [0.05, 0.1) is 32.5 Å². The van der Waals surface area contributed by atoms with Gasteiger partial charge in [-0.05, 0) is 32.1 Å². The molecule has 0 saturated carbocycles. The first-order valence-electron chi connectivity index (χ1n) is 9.99. The molecule has 0 radical (unpaired) electrons. The van der Waals surface area contributed by atoms with E-state index in [0.717, 1.165) is 19.4 Å². The zero-order valence-corrected chi connectivity index (χ0v) is 16.9. The second-order valence-electron chi connectivity index (χ2n) is 6.95. The van der Waals surface area contributed by atoms with Crippen LogP contribution in [0.4, 0.5) is 0 Å². The van der Waals surface area contributed by atoms with Crippen LogP contribution in [0.15, 0.2) is 0 Å². The Hall–Kier alpha value is -0.650. The fourth-order valence-electron chi connectivity index (χ4n) is 2.28. The molecule has 0 aromatic carbocycles. The van der Waals surface area contributed by atoms with Gasteiger partial charge in [0, 0.05) is 19.6 Å². The summed E-state index contributed by atoms with van der Waals surface area (Å²) in [5, 5.41) is 0. The fourth-order valence-corrected chi connectivity index (χ4v) is 2.28. The van der Waals surface area contributed by atoms with Gasteiger partial charge < -0.3 is 18.9 Å². The first-order chi connectivity index (χ1) is 12.1. The van der Waals surface area contributed by atoms with Crippen molar-refractivity contribution in [3.8, 4) is 0 Å². The molecule has 25 heavy (non-hydrogen) atoms. The summed E-state index contributed by atoms with van der Waals surface area (Å²) in [6.07, 6.45) is 6.93. The Labute approximate surface area is 154 Å².